The van der Waals surface area contributed by atoms with Crippen molar-refractivity contribution in [2.45, 2.75) is 32.9 Å². The highest BCUT2D eigenvalue weighted by molar-refractivity contribution is 5.30. The molecule has 0 saturated carbocycles. The zero-order valence-electron chi connectivity index (χ0n) is 10.2. The number of nitrogens with one attached hydrogen (secondary N) is 1. The molecule has 0 bridgehead atoms. The summed E-state index contributed by atoms with van der Waals surface area (Å²) in [4.78, 5) is 0. The number of aliphatic hydroxyl groups is 1. The van der Waals surface area contributed by atoms with Gasteiger partial charge in [-0.05, 0) is 38.5 Å². The molecule has 0 saturated heterocycles. The SMILES string of the molecule is CCOc1cccc(C(C)NCC(C)O)c1. The van der Waals surface area contributed by atoms with Gasteiger partial charge in [-0.25, -0.2) is 0 Å². The third-order valence-corrected chi connectivity index (χ3v) is 2.39. The second kappa shape index (κ2) is 6.51. The average Bonchev–Trinajstić information content (AvgIpc) is 2.26. The van der Waals surface area contributed by atoms with Crippen molar-refractivity contribution in [1.29, 1.82) is 0 Å². The lowest BCUT2D eigenvalue weighted by atomic mass is 10.1. The van der Waals surface area contributed by atoms with Gasteiger partial charge in [0.05, 0.1) is 12.7 Å². The second-order valence-electron chi connectivity index (χ2n) is 3.98. The van der Waals surface area contributed by atoms with Crippen LogP contribution in [0.3, 0.4) is 0 Å². The fraction of sp³-hybridized carbons (Fsp3) is 0.538. The topological polar surface area (TPSA) is 41.5 Å². The Balaban J connectivity index is 2.60. The Morgan fingerprint density at radius 2 is 2.12 bits per heavy atom. The molecule has 0 aromatic heterocycles. The van der Waals surface area contributed by atoms with Crippen molar-refractivity contribution >= 4 is 0 Å². The van der Waals surface area contributed by atoms with Crippen LogP contribution >= 0.6 is 0 Å². The summed E-state index contributed by atoms with van der Waals surface area (Å²) in [5.41, 5.74) is 1.17. The molecule has 0 aliphatic rings. The maximum Gasteiger partial charge on any atom is 0.119 e. The zero-order chi connectivity index (χ0) is 12.0. The van der Waals surface area contributed by atoms with Gasteiger partial charge in [-0.3, -0.25) is 0 Å². The van der Waals surface area contributed by atoms with Crippen LogP contribution in [0.2, 0.25) is 0 Å². The minimum atomic E-state index is -0.322. The van der Waals surface area contributed by atoms with Crippen molar-refractivity contribution < 1.29 is 9.84 Å². The molecule has 0 aliphatic heterocycles. The van der Waals surface area contributed by atoms with E-state index in [0.717, 1.165) is 5.75 Å². The molecule has 3 nitrogen and oxygen atoms in total. The summed E-state index contributed by atoms with van der Waals surface area (Å²) in [5.74, 6) is 0.894. The van der Waals surface area contributed by atoms with E-state index in [9.17, 15) is 5.11 Å². The fourth-order valence-corrected chi connectivity index (χ4v) is 1.51. The highest BCUT2D eigenvalue weighted by atomic mass is 16.5. The third-order valence-electron chi connectivity index (χ3n) is 2.39. The average molecular weight is 223 g/mol. The zero-order valence-corrected chi connectivity index (χ0v) is 10.2. The number of rotatable bonds is 6. The van der Waals surface area contributed by atoms with Crippen LogP contribution in [-0.2, 0) is 0 Å². The Morgan fingerprint density at radius 1 is 1.38 bits per heavy atom. The quantitative estimate of drug-likeness (QED) is 0.776. The Kier molecular flexibility index (Phi) is 5.29. The molecule has 1 rings (SSSR count). The van der Waals surface area contributed by atoms with Crippen LogP contribution in [0.5, 0.6) is 5.75 Å². The van der Waals surface area contributed by atoms with E-state index in [4.69, 9.17) is 4.74 Å². The van der Waals surface area contributed by atoms with Crippen molar-refractivity contribution in [1.82, 2.24) is 5.32 Å². The van der Waals surface area contributed by atoms with Crippen LogP contribution in [0.1, 0.15) is 32.4 Å². The molecule has 0 aliphatic carbocycles. The molecule has 0 fully saturated rings. The Labute approximate surface area is 97.4 Å². The van der Waals surface area contributed by atoms with Crippen molar-refractivity contribution in [2.75, 3.05) is 13.2 Å². The molecule has 3 heteroatoms. The van der Waals surface area contributed by atoms with Gasteiger partial charge in [0.25, 0.3) is 0 Å². The van der Waals surface area contributed by atoms with E-state index in [0.29, 0.717) is 13.2 Å². The maximum atomic E-state index is 9.20. The first-order valence-electron chi connectivity index (χ1n) is 5.77. The standard InChI is InChI=1S/C13H21NO2/c1-4-16-13-7-5-6-12(8-13)11(3)14-9-10(2)15/h5-8,10-11,14-15H,4,9H2,1-3H3. The van der Waals surface area contributed by atoms with E-state index in [1.165, 1.54) is 5.56 Å². The summed E-state index contributed by atoms with van der Waals surface area (Å²) >= 11 is 0. The monoisotopic (exact) mass is 223 g/mol. The summed E-state index contributed by atoms with van der Waals surface area (Å²) in [6, 6.07) is 8.25. The van der Waals surface area contributed by atoms with Gasteiger partial charge >= 0.3 is 0 Å². The number of hydrogen-bond acceptors (Lipinski definition) is 3. The molecule has 2 atom stereocenters. The summed E-state index contributed by atoms with van der Waals surface area (Å²) < 4.78 is 5.45. The predicted molar refractivity (Wildman–Crippen MR) is 65.7 cm³/mol. The van der Waals surface area contributed by atoms with Gasteiger partial charge in [0.2, 0.25) is 0 Å². The van der Waals surface area contributed by atoms with Crippen LogP contribution in [0.25, 0.3) is 0 Å². The van der Waals surface area contributed by atoms with Crippen LogP contribution < -0.4 is 10.1 Å². The maximum absolute atomic E-state index is 9.20. The van der Waals surface area contributed by atoms with Crippen molar-refractivity contribution in [3.63, 3.8) is 0 Å². The van der Waals surface area contributed by atoms with Gasteiger partial charge in [0.1, 0.15) is 5.75 Å². The number of hydrogen-bond donors (Lipinski definition) is 2. The van der Waals surface area contributed by atoms with Gasteiger partial charge in [-0.1, -0.05) is 12.1 Å². The molecule has 16 heavy (non-hydrogen) atoms. The number of aliphatic hydroxyl groups excluding tert-OH is 1. The molecule has 0 amide bonds. The smallest absolute Gasteiger partial charge is 0.119 e. The molecule has 1 aromatic carbocycles. The fourth-order valence-electron chi connectivity index (χ4n) is 1.51. The lowest BCUT2D eigenvalue weighted by molar-refractivity contribution is 0.187. The molecule has 0 heterocycles. The molecule has 2 unspecified atom stereocenters. The van der Waals surface area contributed by atoms with Gasteiger partial charge in [0.15, 0.2) is 0 Å². The first-order chi connectivity index (χ1) is 7.63. The van der Waals surface area contributed by atoms with E-state index < -0.39 is 0 Å². The van der Waals surface area contributed by atoms with Crippen LogP contribution in [-0.4, -0.2) is 24.4 Å². The van der Waals surface area contributed by atoms with Gasteiger partial charge in [-0.15, -0.1) is 0 Å². The predicted octanol–water partition coefficient (Wildman–Crippen LogP) is 2.12. The number of ether oxygens (including phenoxy) is 1. The van der Waals surface area contributed by atoms with Gasteiger partial charge in [-0.2, -0.15) is 0 Å². The van der Waals surface area contributed by atoms with E-state index in [2.05, 4.69) is 18.3 Å². The van der Waals surface area contributed by atoms with Crippen LogP contribution in [0.4, 0.5) is 0 Å². The normalized spacial score (nSPS) is 14.5. The largest absolute Gasteiger partial charge is 0.494 e. The molecular weight excluding hydrogens is 202 g/mol. The number of benzene rings is 1. The van der Waals surface area contributed by atoms with E-state index in [1.807, 2.05) is 25.1 Å². The second-order valence-corrected chi connectivity index (χ2v) is 3.98. The Bertz CT molecular complexity index is 313. The first kappa shape index (κ1) is 13.0. The Hall–Kier alpha value is -1.06. The van der Waals surface area contributed by atoms with Crippen LogP contribution in [0, 0.1) is 0 Å². The van der Waals surface area contributed by atoms with Gasteiger partial charge < -0.3 is 15.2 Å². The van der Waals surface area contributed by atoms with E-state index >= 15 is 0 Å². The van der Waals surface area contributed by atoms with E-state index in [-0.39, 0.29) is 12.1 Å². The summed E-state index contributed by atoms with van der Waals surface area (Å²) in [5, 5.41) is 12.5. The first-order valence-corrected chi connectivity index (χ1v) is 5.77. The summed E-state index contributed by atoms with van der Waals surface area (Å²) in [6.07, 6.45) is -0.322. The highest BCUT2D eigenvalue weighted by Crippen LogP contribution is 2.18. The van der Waals surface area contributed by atoms with Crippen LogP contribution in [0.15, 0.2) is 24.3 Å². The molecular formula is C13H21NO2. The van der Waals surface area contributed by atoms with E-state index in [1.54, 1.807) is 6.92 Å². The molecule has 2 N–H and O–H groups in total. The lowest BCUT2D eigenvalue weighted by Crippen LogP contribution is -2.27. The molecule has 0 radical (unpaired) electrons. The summed E-state index contributed by atoms with van der Waals surface area (Å²) in [6.45, 7) is 7.10. The van der Waals surface area contributed by atoms with Crippen molar-refractivity contribution in [3.8, 4) is 5.75 Å². The van der Waals surface area contributed by atoms with Crippen molar-refractivity contribution in [2.24, 2.45) is 0 Å². The third kappa shape index (κ3) is 4.21. The molecule has 1 aromatic rings. The van der Waals surface area contributed by atoms with Crippen molar-refractivity contribution in [3.05, 3.63) is 29.8 Å². The highest BCUT2D eigenvalue weighted by Gasteiger charge is 2.06. The lowest BCUT2D eigenvalue weighted by Gasteiger charge is -2.16. The minimum Gasteiger partial charge on any atom is -0.494 e. The van der Waals surface area contributed by atoms with Gasteiger partial charge in [0, 0.05) is 12.6 Å². The molecule has 0 spiro atoms. The summed E-state index contributed by atoms with van der Waals surface area (Å²) in [7, 11) is 0. The Morgan fingerprint density at radius 3 is 2.75 bits per heavy atom. The minimum absolute atomic E-state index is 0.218. The molecule has 90 valence electrons.